The lowest BCUT2D eigenvalue weighted by molar-refractivity contribution is -0.135. The summed E-state index contributed by atoms with van der Waals surface area (Å²) in [5, 5.41) is 13.3. The van der Waals surface area contributed by atoms with Gasteiger partial charge in [-0.05, 0) is 48.1 Å². The van der Waals surface area contributed by atoms with Crippen LogP contribution in [0, 0.1) is 5.92 Å². The summed E-state index contributed by atoms with van der Waals surface area (Å²) >= 11 is 0. The molecule has 1 aliphatic carbocycles. The van der Waals surface area contributed by atoms with Crippen LogP contribution in [0.15, 0.2) is 30.5 Å². The van der Waals surface area contributed by atoms with Crippen molar-refractivity contribution in [1.82, 2.24) is 31.0 Å². The van der Waals surface area contributed by atoms with Crippen LogP contribution in [0.3, 0.4) is 0 Å². The van der Waals surface area contributed by atoms with Crippen molar-refractivity contribution in [3.05, 3.63) is 53.1 Å². The van der Waals surface area contributed by atoms with Crippen LogP contribution in [0.4, 0.5) is 4.39 Å². The van der Waals surface area contributed by atoms with E-state index in [-0.39, 0.29) is 41.6 Å². The molecular formula is C28H37FN6O3. The number of aromatic hydroxyl groups is 1. The predicted octanol–water partition coefficient (Wildman–Crippen LogP) is 2.33. The SMILES string of the molecule is CCc1cc(O)ccc1C1CCC2C(c3ncc(C4=C[C@H](CC(=O)N5CCOCC5)NC4)[nH]3)NNC2C1F. The average Bonchev–Trinajstić information content (AvgIpc) is 3.69. The van der Waals surface area contributed by atoms with Crippen molar-refractivity contribution in [1.29, 1.82) is 0 Å². The number of morpholine rings is 1. The van der Waals surface area contributed by atoms with Gasteiger partial charge in [-0.2, -0.15) is 0 Å². The minimum Gasteiger partial charge on any atom is -0.508 e. The molecule has 3 fully saturated rings. The molecular weight excluding hydrogens is 487 g/mol. The number of halogens is 1. The normalized spacial score (nSPS) is 31.3. The molecule has 5 N–H and O–H groups in total. The first-order valence-corrected chi connectivity index (χ1v) is 13.8. The lowest BCUT2D eigenvalue weighted by Gasteiger charge is -2.36. The van der Waals surface area contributed by atoms with E-state index in [1.165, 1.54) is 0 Å². The monoisotopic (exact) mass is 524 g/mol. The van der Waals surface area contributed by atoms with Crippen molar-refractivity contribution < 1.29 is 19.0 Å². The molecule has 1 aromatic carbocycles. The van der Waals surface area contributed by atoms with Crippen molar-refractivity contribution in [2.45, 2.75) is 62.8 Å². The quantitative estimate of drug-likeness (QED) is 0.394. The van der Waals surface area contributed by atoms with Gasteiger partial charge in [0.05, 0.1) is 37.2 Å². The second-order valence-corrected chi connectivity index (χ2v) is 10.9. The zero-order valence-corrected chi connectivity index (χ0v) is 21.8. The smallest absolute Gasteiger partial charge is 0.224 e. The fourth-order valence-corrected chi connectivity index (χ4v) is 6.61. The third kappa shape index (κ3) is 4.86. The van der Waals surface area contributed by atoms with Crippen LogP contribution in [-0.2, 0) is 16.0 Å². The fraction of sp³-hybridized carbons (Fsp3) is 0.571. The number of nitrogens with zero attached hydrogens (tertiary/aromatic N) is 2. The first kappa shape index (κ1) is 25.5. The maximum atomic E-state index is 15.9. The van der Waals surface area contributed by atoms with Crippen LogP contribution in [0.2, 0.25) is 0 Å². The van der Waals surface area contributed by atoms with Gasteiger partial charge in [-0.3, -0.25) is 10.2 Å². The Hall–Kier alpha value is -2.79. The third-order valence-electron chi connectivity index (χ3n) is 8.69. The molecule has 10 heteroatoms. The summed E-state index contributed by atoms with van der Waals surface area (Å²) in [7, 11) is 0. The molecule has 4 heterocycles. The molecule has 3 aliphatic heterocycles. The predicted molar refractivity (Wildman–Crippen MR) is 141 cm³/mol. The van der Waals surface area contributed by atoms with E-state index in [9.17, 15) is 9.90 Å². The highest BCUT2D eigenvalue weighted by Crippen LogP contribution is 2.45. The van der Waals surface area contributed by atoms with E-state index in [4.69, 9.17) is 4.74 Å². The van der Waals surface area contributed by atoms with Crippen LogP contribution >= 0.6 is 0 Å². The number of H-pyrrole nitrogens is 1. The maximum absolute atomic E-state index is 15.9. The molecule has 2 aromatic rings. The number of phenolic OH excluding ortho intramolecular Hbond substituents is 1. The van der Waals surface area contributed by atoms with E-state index in [0.717, 1.165) is 47.5 Å². The van der Waals surface area contributed by atoms with E-state index in [1.54, 1.807) is 12.1 Å². The minimum absolute atomic E-state index is 0.00164. The van der Waals surface area contributed by atoms with Crippen LogP contribution < -0.4 is 16.2 Å². The summed E-state index contributed by atoms with van der Waals surface area (Å²) in [4.78, 5) is 22.6. The number of hydrogen-bond acceptors (Lipinski definition) is 7. The number of amides is 1. The summed E-state index contributed by atoms with van der Waals surface area (Å²) in [6.07, 6.45) is 5.73. The van der Waals surface area contributed by atoms with Crippen LogP contribution in [0.25, 0.3) is 5.57 Å². The topological polar surface area (TPSA) is 115 Å². The Morgan fingerprint density at radius 1 is 1.24 bits per heavy atom. The van der Waals surface area contributed by atoms with E-state index in [2.05, 4.69) is 32.2 Å². The maximum Gasteiger partial charge on any atom is 0.224 e. The molecule has 4 aliphatic rings. The second kappa shape index (κ2) is 10.8. The number of carbonyl (C=O) groups excluding carboxylic acids is 1. The molecule has 9 nitrogen and oxygen atoms in total. The van der Waals surface area contributed by atoms with E-state index in [1.807, 2.05) is 24.1 Å². The van der Waals surface area contributed by atoms with Gasteiger partial charge in [-0.15, -0.1) is 0 Å². The number of aromatic nitrogens is 2. The standard InChI is InChI=1S/C28H37FN6O3/c1-2-16-12-19(36)3-4-20(16)21-5-6-22-26(25(21)29)33-34-27(22)28-31-15-23(32-28)17-11-18(30-14-17)13-24(37)35-7-9-38-10-8-35/h3-4,11-12,15,18,21-22,25-27,30,33-34,36H,2,5-10,13-14H2,1H3,(H,31,32)/t18-,21?,22?,25?,26?,27?/m1/s1. The van der Waals surface area contributed by atoms with E-state index in [0.29, 0.717) is 39.3 Å². The Balaban J connectivity index is 1.11. The van der Waals surface area contributed by atoms with Crippen molar-refractivity contribution in [2.24, 2.45) is 5.92 Å². The number of fused-ring (bicyclic) bond motifs is 1. The number of hydrogen-bond donors (Lipinski definition) is 5. The molecule has 0 radical (unpaired) electrons. The number of hydrazine groups is 1. The Labute approximate surface area is 222 Å². The van der Waals surface area contributed by atoms with Crippen LogP contribution in [0.1, 0.15) is 60.8 Å². The van der Waals surface area contributed by atoms with Crippen molar-refractivity contribution in [2.75, 3.05) is 32.8 Å². The van der Waals surface area contributed by atoms with Crippen LogP contribution in [0.5, 0.6) is 5.75 Å². The number of ether oxygens (including phenoxy) is 1. The van der Waals surface area contributed by atoms with E-state index < -0.39 is 6.17 Å². The van der Waals surface area contributed by atoms with Gasteiger partial charge in [0.25, 0.3) is 0 Å². The number of nitrogens with one attached hydrogen (secondary N) is 4. The molecule has 1 aromatic heterocycles. The Morgan fingerprint density at radius 3 is 2.89 bits per heavy atom. The summed E-state index contributed by atoms with van der Waals surface area (Å²) in [6.45, 7) is 5.24. The molecule has 6 rings (SSSR count). The molecule has 38 heavy (non-hydrogen) atoms. The zero-order chi connectivity index (χ0) is 26.2. The van der Waals surface area contributed by atoms with Gasteiger partial charge in [0.15, 0.2) is 0 Å². The Bertz CT molecular complexity index is 1200. The molecule has 0 spiro atoms. The minimum atomic E-state index is -1.04. The number of phenols is 1. The molecule has 204 valence electrons. The first-order valence-electron chi connectivity index (χ1n) is 13.8. The Morgan fingerprint density at radius 2 is 2.08 bits per heavy atom. The highest BCUT2D eigenvalue weighted by atomic mass is 19.1. The third-order valence-corrected chi connectivity index (χ3v) is 8.69. The molecule has 5 unspecified atom stereocenters. The lowest BCUT2D eigenvalue weighted by Crippen LogP contribution is -2.45. The number of alkyl halides is 1. The van der Waals surface area contributed by atoms with Gasteiger partial charge < -0.3 is 25.0 Å². The highest BCUT2D eigenvalue weighted by molar-refractivity contribution is 5.78. The molecule has 0 bridgehead atoms. The van der Waals surface area contributed by atoms with Gasteiger partial charge in [0, 0.05) is 43.9 Å². The highest BCUT2D eigenvalue weighted by Gasteiger charge is 2.48. The second-order valence-electron chi connectivity index (χ2n) is 10.9. The van der Waals surface area contributed by atoms with Crippen molar-refractivity contribution >= 4 is 11.5 Å². The molecule has 1 amide bonds. The fourth-order valence-electron chi connectivity index (χ4n) is 6.61. The van der Waals surface area contributed by atoms with Crippen molar-refractivity contribution in [3.63, 3.8) is 0 Å². The number of aromatic amines is 1. The van der Waals surface area contributed by atoms with E-state index >= 15 is 4.39 Å². The number of carbonyl (C=O) groups is 1. The molecule has 6 atom stereocenters. The summed E-state index contributed by atoms with van der Waals surface area (Å²) in [6, 6.07) is 4.89. The number of aryl methyl sites for hydroxylation is 1. The summed E-state index contributed by atoms with van der Waals surface area (Å²) < 4.78 is 21.2. The largest absolute Gasteiger partial charge is 0.508 e. The molecule has 1 saturated carbocycles. The van der Waals surface area contributed by atoms with Gasteiger partial charge in [-0.1, -0.05) is 19.1 Å². The lowest BCUT2D eigenvalue weighted by atomic mass is 9.71. The number of imidazole rings is 1. The van der Waals surface area contributed by atoms with Gasteiger partial charge in [0.2, 0.25) is 5.91 Å². The average molecular weight is 525 g/mol. The van der Waals surface area contributed by atoms with Gasteiger partial charge >= 0.3 is 0 Å². The summed E-state index contributed by atoms with van der Waals surface area (Å²) in [5.74, 6) is 1.07. The van der Waals surface area contributed by atoms with Gasteiger partial charge in [0.1, 0.15) is 17.7 Å². The number of benzene rings is 1. The zero-order valence-electron chi connectivity index (χ0n) is 21.8. The Kier molecular flexibility index (Phi) is 7.22. The van der Waals surface area contributed by atoms with Crippen LogP contribution in [-0.4, -0.2) is 77.0 Å². The first-order chi connectivity index (χ1) is 18.5. The summed E-state index contributed by atoms with van der Waals surface area (Å²) in [5.41, 5.74) is 10.6. The molecule has 2 saturated heterocycles. The van der Waals surface area contributed by atoms with Gasteiger partial charge in [-0.25, -0.2) is 14.8 Å². The van der Waals surface area contributed by atoms with Crippen molar-refractivity contribution in [3.8, 4) is 5.75 Å². The number of rotatable bonds is 6.